The second kappa shape index (κ2) is 8.97. The van der Waals surface area contributed by atoms with Gasteiger partial charge in [0.05, 0.1) is 0 Å². The average molecular weight is 208 g/mol. The van der Waals surface area contributed by atoms with Crippen LogP contribution in [0.2, 0.25) is 0 Å². The van der Waals surface area contributed by atoms with Crippen molar-refractivity contribution in [2.24, 2.45) is 0 Å². The molecule has 0 aliphatic heterocycles. The van der Waals surface area contributed by atoms with E-state index in [0.717, 1.165) is 0 Å². The summed E-state index contributed by atoms with van der Waals surface area (Å²) in [4.78, 5) is 12.1. The molecule has 54 valence electrons. The molecule has 0 amide bonds. The Morgan fingerprint density at radius 2 is 1.64 bits per heavy atom. The molecule has 0 aromatic carbocycles. The monoisotopic (exact) mass is 206 g/mol. The maximum absolute atomic E-state index is 8.36. The van der Waals surface area contributed by atoms with E-state index in [-0.39, 0.29) is 19.5 Å². The number of hydrogen-bond acceptors (Lipinski definition) is 3. The summed E-state index contributed by atoms with van der Waals surface area (Å²) in [7, 11) is 0. The molecule has 0 bridgehead atoms. The number of hydrogen-bond donors (Lipinski definition) is 1. The van der Waals surface area contributed by atoms with Gasteiger partial charge in [0, 0.05) is 12.4 Å². The molecule has 1 aromatic rings. The average Bonchev–Trinajstić information content (AvgIpc) is 1.90. The van der Waals surface area contributed by atoms with Crippen molar-refractivity contribution in [3.63, 3.8) is 0 Å². The second-order valence-electron chi connectivity index (χ2n) is 1.26. The smallest absolute Gasteiger partial charge is 0.328 e. The van der Waals surface area contributed by atoms with Gasteiger partial charge in [-0.25, -0.2) is 0 Å². The molecule has 1 aromatic heterocycles. The maximum Gasteiger partial charge on any atom is 2.00 e. The predicted molar refractivity (Wildman–Crippen MR) is 33.0 cm³/mol. The van der Waals surface area contributed by atoms with Gasteiger partial charge in [-0.15, -0.1) is 10.1 Å². The first-order valence-electron chi connectivity index (χ1n) is 2.41. The van der Waals surface area contributed by atoms with Gasteiger partial charge >= 0.3 is 19.5 Å². The minimum atomic E-state index is -1.50. The van der Waals surface area contributed by atoms with Crippen LogP contribution >= 0.6 is 0 Å². The topological polar surface area (TPSA) is 76.3 Å². The number of aromatic nitrogens is 1. The molecule has 1 rings (SSSR count). The third-order valence-corrected chi connectivity index (χ3v) is 0.566. The van der Waals surface area contributed by atoms with Crippen LogP contribution in [0, 0.1) is 10.1 Å². The third-order valence-electron chi connectivity index (χ3n) is 0.566. The van der Waals surface area contributed by atoms with Gasteiger partial charge in [0.25, 0.3) is 5.09 Å². The van der Waals surface area contributed by atoms with Crippen molar-refractivity contribution in [1.29, 1.82) is 0 Å². The van der Waals surface area contributed by atoms with E-state index in [9.17, 15) is 0 Å². The van der Waals surface area contributed by atoms with E-state index in [4.69, 9.17) is 15.3 Å². The van der Waals surface area contributed by atoms with Crippen LogP contribution in [0.4, 0.5) is 0 Å². The Balaban J connectivity index is 0. The summed E-state index contributed by atoms with van der Waals surface area (Å²) in [5, 5.41) is 13.6. The van der Waals surface area contributed by atoms with Gasteiger partial charge in [0.1, 0.15) is 0 Å². The Hall–Kier alpha value is -1.03. The van der Waals surface area contributed by atoms with Crippen LogP contribution < -0.4 is 0 Å². The first kappa shape index (κ1) is 12.6. The van der Waals surface area contributed by atoms with E-state index >= 15 is 0 Å². The van der Waals surface area contributed by atoms with Crippen LogP contribution in [0.3, 0.4) is 0 Å². The van der Waals surface area contributed by atoms with Crippen LogP contribution in [0.25, 0.3) is 0 Å². The molecule has 6 heteroatoms. The summed E-state index contributed by atoms with van der Waals surface area (Å²) in [5.41, 5.74) is 0. The molecular weight excluding hydrogens is 201 g/mol. The number of nitrogens with zero attached hydrogens (tertiary/aromatic N) is 2. The molecule has 0 fully saturated rings. The molecule has 1 heterocycles. The zero-order chi connectivity index (χ0) is 7.82. The zero-order valence-corrected chi connectivity index (χ0v) is 8.72. The fourth-order valence-corrected chi connectivity index (χ4v) is 0.313. The molecule has 0 aliphatic carbocycles. The number of pyridine rings is 1. The largest absolute Gasteiger partial charge is 2.00 e. The molecule has 0 atom stereocenters. The molecule has 0 radical (unpaired) electrons. The fourth-order valence-electron chi connectivity index (χ4n) is 0.313. The summed E-state index contributed by atoms with van der Waals surface area (Å²) in [6.07, 6.45) is 3.50. The van der Waals surface area contributed by atoms with E-state index in [0.29, 0.717) is 0 Å². The molecule has 0 unspecified atom stereocenters. The predicted octanol–water partition coefficient (Wildman–Crippen LogP) is 0.731. The van der Waals surface area contributed by atoms with Crippen molar-refractivity contribution in [2.75, 3.05) is 0 Å². The molecule has 0 spiro atoms. The molecule has 0 saturated carbocycles. The fraction of sp³-hybridized carbons (Fsp3) is 0. The first-order valence-corrected chi connectivity index (χ1v) is 2.41. The zero-order valence-electron chi connectivity index (χ0n) is 5.75. The molecule has 0 aliphatic rings. The van der Waals surface area contributed by atoms with Crippen molar-refractivity contribution in [1.82, 2.24) is 4.98 Å². The normalized spacial score (nSPS) is 6.55. The third kappa shape index (κ3) is 17.6. The minimum Gasteiger partial charge on any atom is -0.328 e. The van der Waals surface area contributed by atoms with Gasteiger partial charge in [0.2, 0.25) is 0 Å². The Bertz CT molecular complexity index is 152. The van der Waals surface area contributed by atoms with Crippen LogP contribution in [-0.2, 0) is 19.5 Å². The minimum absolute atomic E-state index is 0. The quantitative estimate of drug-likeness (QED) is 0.387. The second-order valence-corrected chi connectivity index (χ2v) is 1.26. The van der Waals surface area contributed by atoms with E-state index < -0.39 is 5.09 Å². The summed E-state index contributed by atoms with van der Waals surface area (Å²) in [6, 6.07) is 5.72. The summed E-state index contributed by atoms with van der Waals surface area (Å²) < 4.78 is 0. The van der Waals surface area contributed by atoms with Crippen LogP contribution in [0.1, 0.15) is 0 Å². The van der Waals surface area contributed by atoms with Gasteiger partial charge in [-0.2, -0.15) is 0 Å². The Morgan fingerprint density at radius 3 is 1.73 bits per heavy atom. The van der Waals surface area contributed by atoms with E-state index in [1.165, 1.54) is 0 Å². The van der Waals surface area contributed by atoms with Gasteiger partial charge in [0.15, 0.2) is 0 Å². The first-order chi connectivity index (χ1) is 4.73. The van der Waals surface area contributed by atoms with Gasteiger partial charge in [-0.3, -0.25) is 4.98 Å². The van der Waals surface area contributed by atoms with Crippen LogP contribution in [-0.4, -0.2) is 15.3 Å². The van der Waals surface area contributed by atoms with Gasteiger partial charge in [-0.1, -0.05) is 6.07 Å². The van der Waals surface area contributed by atoms with Gasteiger partial charge in [-0.05, 0) is 12.1 Å². The van der Waals surface area contributed by atoms with E-state index in [1.54, 1.807) is 12.4 Å². The Morgan fingerprint density at radius 1 is 1.27 bits per heavy atom. The van der Waals surface area contributed by atoms with Crippen LogP contribution in [0.15, 0.2) is 30.6 Å². The Kier molecular flexibility index (Phi) is 10.3. The van der Waals surface area contributed by atoms with Crippen molar-refractivity contribution in [3.8, 4) is 0 Å². The summed E-state index contributed by atoms with van der Waals surface area (Å²) in [6.45, 7) is 0. The van der Waals surface area contributed by atoms with Crippen molar-refractivity contribution in [2.45, 2.75) is 0 Å². The van der Waals surface area contributed by atoms with Gasteiger partial charge < -0.3 is 5.21 Å². The van der Waals surface area contributed by atoms with Crippen LogP contribution in [0.5, 0.6) is 0 Å². The van der Waals surface area contributed by atoms with Crippen molar-refractivity contribution < 1.29 is 29.8 Å². The Labute approximate surface area is 75.9 Å². The standard InChI is InChI=1S/C5H5N.HNO3.Zn/c1-2-4-6-5-3-1;2-1(3)4;/h1-5H;(H,2,3,4);/q;;+2. The molecule has 1 N–H and O–H groups in total. The van der Waals surface area contributed by atoms with Crippen molar-refractivity contribution >= 4 is 0 Å². The molecule has 11 heavy (non-hydrogen) atoms. The SMILES string of the molecule is O=[N+]([O-])O.[Zn+2].c1ccncc1. The maximum atomic E-state index is 8.36. The summed E-state index contributed by atoms with van der Waals surface area (Å²) in [5.74, 6) is 0. The molecular formula is C5H6N2O3Zn+2. The number of rotatable bonds is 0. The molecule has 5 nitrogen and oxygen atoms in total. The van der Waals surface area contributed by atoms with E-state index in [2.05, 4.69) is 4.98 Å². The summed E-state index contributed by atoms with van der Waals surface area (Å²) >= 11 is 0. The molecule has 0 saturated heterocycles. The van der Waals surface area contributed by atoms with E-state index in [1.807, 2.05) is 18.2 Å². The van der Waals surface area contributed by atoms with Crippen molar-refractivity contribution in [3.05, 3.63) is 40.7 Å².